The average molecular weight is 504 g/mol. The number of amides is 2. The first-order valence-electron chi connectivity index (χ1n) is 12.6. The zero-order valence-electron chi connectivity index (χ0n) is 20.4. The lowest BCUT2D eigenvalue weighted by molar-refractivity contribution is -0.139. The van der Waals surface area contributed by atoms with Gasteiger partial charge in [-0.05, 0) is 67.7 Å². The molecule has 2 saturated heterocycles. The van der Waals surface area contributed by atoms with E-state index < -0.39 is 18.1 Å². The number of benzene rings is 2. The summed E-state index contributed by atoms with van der Waals surface area (Å²) in [6.07, 6.45) is 4.04. The van der Waals surface area contributed by atoms with E-state index in [1.807, 2.05) is 35.2 Å². The van der Waals surface area contributed by atoms with Crippen molar-refractivity contribution in [1.82, 2.24) is 15.1 Å². The fourth-order valence-electron chi connectivity index (χ4n) is 5.07. The molecule has 0 aromatic heterocycles. The summed E-state index contributed by atoms with van der Waals surface area (Å²) in [5.74, 6) is -0.443. The van der Waals surface area contributed by atoms with Gasteiger partial charge in [0.2, 0.25) is 11.8 Å². The highest BCUT2D eigenvalue weighted by Gasteiger charge is 2.38. The van der Waals surface area contributed by atoms with Crippen LogP contribution in [0.5, 0.6) is 5.75 Å². The van der Waals surface area contributed by atoms with Crippen LogP contribution in [0.3, 0.4) is 0 Å². The minimum Gasteiger partial charge on any atom is -0.508 e. The van der Waals surface area contributed by atoms with E-state index >= 15 is 0 Å². The molecule has 7 nitrogen and oxygen atoms in total. The molecule has 0 saturated carbocycles. The van der Waals surface area contributed by atoms with E-state index in [-0.39, 0.29) is 23.5 Å². The number of thiocarbonyl (C=S) groups is 1. The Kier molecular flexibility index (Phi) is 8.64. The monoisotopic (exact) mass is 504 g/mol. The van der Waals surface area contributed by atoms with Crippen LogP contribution in [0.15, 0.2) is 54.6 Å². The van der Waals surface area contributed by atoms with E-state index in [2.05, 4.69) is 5.32 Å². The third kappa shape index (κ3) is 6.26. The van der Waals surface area contributed by atoms with E-state index in [1.54, 1.807) is 29.2 Å². The Morgan fingerprint density at radius 2 is 1.64 bits per heavy atom. The third-order valence-electron chi connectivity index (χ3n) is 7.03. The van der Waals surface area contributed by atoms with Crippen molar-refractivity contribution in [3.05, 3.63) is 65.7 Å². The van der Waals surface area contributed by atoms with Gasteiger partial charge in [-0.3, -0.25) is 9.59 Å². The van der Waals surface area contributed by atoms with Gasteiger partial charge in [-0.15, -0.1) is 0 Å². The number of hydrogen-bond acceptors (Lipinski definition) is 5. The molecular weight excluding hydrogens is 471 g/mol. The normalized spacial score (nSPS) is 21.2. The number of aromatic hydroxyl groups is 1. The topological polar surface area (TPSA) is 98.9 Å². The number of carbonyl (C=O) groups is 2. The van der Waals surface area contributed by atoms with Gasteiger partial charge in [-0.2, -0.15) is 0 Å². The number of phenolic OH excluding ortho intramolecular Hbond substituents is 1. The summed E-state index contributed by atoms with van der Waals surface area (Å²) in [6.45, 7) is 1.27. The minimum atomic E-state index is -0.772. The van der Waals surface area contributed by atoms with Crippen LogP contribution in [-0.2, 0) is 22.4 Å². The SMILES string of the molecule is [B][C@@H]1CCCN1C(=S)[C@H](Cc1ccccc1)NC(=O)[C@@H]1CCCN1C(=O)[C@@H](N)Cc1ccc(O)cc1. The predicted octanol–water partition coefficient (Wildman–Crippen LogP) is 1.90. The summed E-state index contributed by atoms with van der Waals surface area (Å²) < 4.78 is 0. The second-order valence-corrected chi connectivity index (χ2v) is 10.1. The number of likely N-dealkylation sites (tertiary alicyclic amines) is 2. The van der Waals surface area contributed by atoms with Gasteiger partial charge >= 0.3 is 0 Å². The maximum atomic E-state index is 13.5. The Hall–Kier alpha value is -2.91. The molecule has 4 rings (SSSR count). The molecule has 0 aliphatic carbocycles. The zero-order valence-corrected chi connectivity index (χ0v) is 21.2. The first-order chi connectivity index (χ1) is 17.3. The molecule has 2 aliphatic heterocycles. The summed E-state index contributed by atoms with van der Waals surface area (Å²) in [5.41, 5.74) is 8.17. The third-order valence-corrected chi connectivity index (χ3v) is 7.55. The molecule has 2 heterocycles. The van der Waals surface area contributed by atoms with E-state index in [1.165, 1.54) is 0 Å². The molecule has 0 unspecified atom stereocenters. The number of nitrogens with zero attached hydrogens (tertiary/aromatic N) is 2. The Morgan fingerprint density at radius 1 is 1.00 bits per heavy atom. The molecule has 4 atom stereocenters. The highest BCUT2D eigenvalue weighted by molar-refractivity contribution is 7.80. The van der Waals surface area contributed by atoms with E-state index in [0.717, 1.165) is 36.9 Å². The Morgan fingerprint density at radius 3 is 2.31 bits per heavy atom. The molecule has 2 aromatic rings. The number of nitrogens with two attached hydrogens (primary N) is 1. The molecule has 0 spiro atoms. The van der Waals surface area contributed by atoms with Crippen LogP contribution in [0.4, 0.5) is 0 Å². The lowest BCUT2D eigenvalue weighted by Gasteiger charge is -2.33. The average Bonchev–Trinajstić information content (AvgIpc) is 3.54. The Bertz CT molecular complexity index is 1070. The van der Waals surface area contributed by atoms with E-state index in [9.17, 15) is 14.7 Å². The van der Waals surface area contributed by atoms with Gasteiger partial charge in [0.05, 0.1) is 19.9 Å². The van der Waals surface area contributed by atoms with Crippen LogP contribution >= 0.6 is 12.2 Å². The Balaban J connectivity index is 1.45. The molecule has 2 amide bonds. The van der Waals surface area contributed by atoms with Crippen molar-refractivity contribution in [2.75, 3.05) is 13.1 Å². The summed E-state index contributed by atoms with van der Waals surface area (Å²) in [4.78, 5) is 31.0. The lowest BCUT2D eigenvalue weighted by Crippen LogP contribution is -2.56. The molecule has 9 heteroatoms. The molecule has 2 aromatic carbocycles. The molecule has 4 N–H and O–H groups in total. The zero-order chi connectivity index (χ0) is 25.7. The second kappa shape index (κ2) is 11.9. The van der Waals surface area contributed by atoms with Crippen molar-refractivity contribution in [2.45, 2.75) is 62.6 Å². The smallest absolute Gasteiger partial charge is 0.243 e. The van der Waals surface area contributed by atoms with Gasteiger partial charge < -0.3 is 26.0 Å². The fraction of sp³-hybridized carbons (Fsp3) is 0.444. The van der Waals surface area contributed by atoms with Crippen molar-refractivity contribution >= 4 is 36.9 Å². The van der Waals surface area contributed by atoms with Crippen molar-refractivity contribution < 1.29 is 14.7 Å². The van der Waals surface area contributed by atoms with Crippen molar-refractivity contribution in [3.8, 4) is 5.75 Å². The van der Waals surface area contributed by atoms with Crippen LogP contribution < -0.4 is 11.1 Å². The summed E-state index contributed by atoms with van der Waals surface area (Å²) in [6, 6.07) is 14.8. The van der Waals surface area contributed by atoms with Crippen LogP contribution in [0.1, 0.15) is 36.8 Å². The van der Waals surface area contributed by atoms with Crippen molar-refractivity contribution in [3.63, 3.8) is 0 Å². The molecule has 2 fully saturated rings. The lowest BCUT2D eigenvalue weighted by atomic mass is 9.93. The van der Waals surface area contributed by atoms with E-state index in [4.69, 9.17) is 25.8 Å². The van der Waals surface area contributed by atoms with Crippen LogP contribution in [0, 0.1) is 0 Å². The fourth-order valence-corrected chi connectivity index (χ4v) is 5.44. The van der Waals surface area contributed by atoms with Gasteiger partial charge in [0.15, 0.2) is 0 Å². The number of hydrogen-bond donors (Lipinski definition) is 3. The quantitative estimate of drug-likeness (QED) is 0.375. The highest BCUT2D eigenvalue weighted by Crippen LogP contribution is 2.22. The van der Waals surface area contributed by atoms with Gasteiger partial charge in [-0.1, -0.05) is 54.7 Å². The molecule has 2 radical (unpaired) electrons. The highest BCUT2D eigenvalue weighted by atomic mass is 32.1. The largest absolute Gasteiger partial charge is 0.508 e. The molecule has 188 valence electrons. The minimum absolute atomic E-state index is 0.143. The summed E-state index contributed by atoms with van der Waals surface area (Å²) in [5, 5.41) is 12.6. The van der Waals surface area contributed by atoms with Crippen molar-refractivity contribution in [1.29, 1.82) is 0 Å². The maximum Gasteiger partial charge on any atom is 0.243 e. The first-order valence-corrected chi connectivity index (χ1v) is 13.0. The molecule has 36 heavy (non-hydrogen) atoms. The van der Waals surface area contributed by atoms with Crippen LogP contribution in [0.2, 0.25) is 0 Å². The van der Waals surface area contributed by atoms with Crippen LogP contribution in [0.25, 0.3) is 0 Å². The number of rotatable bonds is 8. The standard InChI is InChI=1S/C27H33BN4O3S/c28-24-9-5-15-32(24)27(36)22(17-18-6-2-1-3-7-18)30-25(34)23-8-4-14-31(23)26(35)21(29)16-19-10-12-20(33)13-11-19/h1-3,6-7,10-13,21-24,33H,4-5,8-9,14-17,29H2,(H,30,34)/t21-,22-,23-,24-/m0/s1. The van der Waals surface area contributed by atoms with Gasteiger partial charge in [0.1, 0.15) is 16.8 Å². The molecule has 0 bridgehead atoms. The van der Waals surface area contributed by atoms with Gasteiger partial charge in [0.25, 0.3) is 0 Å². The summed E-state index contributed by atoms with van der Waals surface area (Å²) in [7, 11) is 6.28. The maximum absolute atomic E-state index is 13.5. The molecule has 2 aliphatic rings. The van der Waals surface area contributed by atoms with Crippen LogP contribution in [-0.4, -0.2) is 76.7 Å². The predicted molar refractivity (Wildman–Crippen MR) is 145 cm³/mol. The molecular formula is C27H33BN4O3S. The number of carbonyl (C=O) groups excluding carboxylic acids is 2. The van der Waals surface area contributed by atoms with Gasteiger partial charge in [-0.25, -0.2) is 0 Å². The first kappa shape index (κ1) is 26.2. The van der Waals surface area contributed by atoms with Crippen molar-refractivity contribution in [2.24, 2.45) is 5.73 Å². The number of nitrogens with one attached hydrogen (secondary N) is 1. The Labute approximate surface area is 219 Å². The second-order valence-electron chi connectivity index (χ2n) is 9.66. The summed E-state index contributed by atoms with van der Waals surface area (Å²) >= 11 is 5.82. The van der Waals surface area contributed by atoms with E-state index in [0.29, 0.717) is 30.8 Å². The number of phenols is 1. The van der Waals surface area contributed by atoms with Gasteiger partial charge in [0, 0.05) is 13.1 Å².